The van der Waals surface area contributed by atoms with E-state index in [9.17, 15) is 4.21 Å². The van der Waals surface area contributed by atoms with Gasteiger partial charge in [-0.3, -0.25) is 4.21 Å². The molecule has 0 amide bonds. The monoisotopic (exact) mass is 289 g/mol. The predicted molar refractivity (Wildman–Crippen MR) is 77.0 cm³/mol. The van der Waals surface area contributed by atoms with Gasteiger partial charge in [-0.1, -0.05) is 29.5 Å². The summed E-state index contributed by atoms with van der Waals surface area (Å²) in [4.78, 5) is 1.01. The molecule has 1 aromatic carbocycles. The van der Waals surface area contributed by atoms with E-state index in [1.54, 1.807) is 22.3 Å². The van der Waals surface area contributed by atoms with E-state index >= 15 is 0 Å². The molecule has 0 aliphatic heterocycles. The largest absolute Gasteiger partial charge is 0.253 e. The second-order valence-electron chi connectivity index (χ2n) is 3.92. The highest BCUT2D eigenvalue weighted by Crippen LogP contribution is 2.30. The summed E-state index contributed by atoms with van der Waals surface area (Å²) in [5.41, 5.74) is 1.72. The zero-order valence-corrected chi connectivity index (χ0v) is 11.8. The zero-order chi connectivity index (χ0) is 13.2. The smallest absolute Gasteiger partial charge is 0.178 e. The van der Waals surface area contributed by atoms with Gasteiger partial charge in [0.25, 0.3) is 0 Å². The van der Waals surface area contributed by atoms with Gasteiger partial charge in [0.15, 0.2) is 5.03 Å². The van der Waals surface area contributed by atoms with Crippen molar-refractivity contribution in [2.45, 2.75) is 5.03 Å². The molecule has 19 heavy (non-hydrogen) atoms. The van der Waals surface area contributed by atoms with Gasteiger partial charge < -0.3 is 0 Å². The Morgan fingerprint density at radius 1 is 1.16 bits per heavy atom. The van der Waals surface area contributed by atoms with E-state index < -0.39 is 10.8 Å². The van der Waals surface area contributed by atoms with Crippen LogP contribution in [0, 0.1) is 0 Å². The van der Waals surface area contributed by atoms with Gasteiger partial charge in [-0.25, -0.2) is 4.68 Å². The summed E-state index contributed by atoms with van der Waals surface area (Å²) in [6.07, 6.45) is 1.62. The van der Waals surface area contributed by atoms with Gasteiger partial charge in [0.1, 0.15) is 5.69 Å². The lowest BCUT2D eigenvalue weighted by atomic mass is 10.3. The first kappa shape index (κ1) is 12.3. The number of nitrogens with zero attached hydrogens (tertiary/aromatic N) is 3. The van der Waals surface area contributed by atoms with Crippen molar-refractivity contribution in [3.8, 4) is 16.3 Å². The Bertz CT molecular complexity index is 705. The van der Waals surface area contributed by atoms with E-state index in [0.29, 0.717) is 5.03 Å². The van der Waals surface area contributed by atoms with Crippen molar-refractivity contribution in [2.75, 3.05) is 6.26 Å². The second-order valence-corrected chi connectivity index (χ2v) is 6.16. The average Bonchev–Trinajstić information content (AvgIpc) is 3.08. The summed E-state index contributed by atoms with van der Waals surface area (Å²) in [6.45, 7) is 0. The Hall–Kier alpha value is -1.79. The highest BCUT2D eigenvalue weighted by Gasteiger charge is 2.19. The molecule has 4 nitrogen and oxygen atoms in total. The van der Waals surface area contributed by atoms with Crippen molar-refractivity contribution >= 4 is 22.1 Å². The van der Waals surface area contributed by atoms with Crippen LogP contribution in [-0.4, -0.2) is 25.5 Å². The van der Waals surface area contributed by atoms with E-state index in [2.05, 4.69) is 10.3 Å². The van der Waals surface area contributed by atoms with Gasteiger partial charge in [0.2, 0.25) is 0 Å². The van der Waals surface area contributed by atoms with E-state index in [1.165, 1.54) is 0 Å². The van der Waals surface area contributed by atoms with Gasteiger partial charge >= 0.3 is 0 Å². The molecule has 2 heterocycles. The number of aromatic nitrogens is 3. The topological polar surface area (TPSA) is 47.8 Å². The Morgan fingerprint density at radius 3 is 2.58 bits per heavy atom. The van der Waals surface area contributed by atoms with Crippen molar-refractivity contribution in [2.24, 2.45) is 0 Å². The van der Waals surface area contributed by atoms with Gasteiger partial charge in [0.05, 0.1) is 21.4 Å². The lowest BCUT2D eigenvalue weighted by Crippen LogP contribution is -1.99. The van der Waals surface area contributed by atoms with Gasteiger partial charge in [-0.2, -0.15) is 0 Å². The van der Waals surface area contributed by atoms with Gasteiger partial charge in [-0.15, -0.1) is 16.4 Å². The quantitative estimate of drug-likeness (QED) is 0.745. The van der Waals surface area contributed by atoms with Crippen LogP contribution in [0.1, 0.15) is 0 Å². The lowest BCUT2D eigenvalue weighted by molar-refractivity contribution is 0.683. The summed E-state index contributed by atoms with van der Waals surface area (Å²) in [5.74, 6) is 0. The van der Waals surface area contributed by atoms with Crippen LogP contribution < -0.4 is 0 Å². The van der Waals surface area contributed by atoms with Crippen molar-refractivity contribution < 1.29 is 4.21 Å². The van der Waals surface area contributed by atoms with Crippen LogP contribution in [0.25, 0.3) is 16.3 Å². The SMILES string of the molecule is CS(=O)c1nnn(-c2ccccc2)c1-c1cccs1. The summed E-state index contributed by atoms with van der Waals surface area (Å²) in [5, 5.41) is 10.7. The second kappa shape index (κ2) is 5.07. The number of para-hydroxylation sites is 1. The van der Waals surface area contributed by atoms with E-state index in [4.69, 9.17) is 0 Å². The van der Waals surface area contributed by atoms with Crippen LogP contribution in [0.15, 0.2) is 52.9 Å². The molecule has 0 aliphatic carbocycles. The fourth-order valence-corrected chi connectivity index (χ4v) is 3.28. The Balaban J connectivity index is 2.24. The minimum atomic E-state index is -1.17. The van der Waals surface area contributed by atoms with Gasteiger partial charge in [0, 0.05) is 6.26 Å². The van der Waals surface area contributed by atoms with Crippen molar-refractivity contribution in [1.82, 2.24) is 15.0 Å². The summed E-state index contributed by atoms with van der Waals surface area (Å²) in [6, 6.07) is 13.7. The minimum Gasteiger partial charge on any atom is -0.253 e. The molecule has 0 saturated heterocycles. The maximum atomic E-state index is 11.8. The molecule has 1 atom stereocenters. The van der Waals surface area contributed by atoms with Crippen molar-refractivity contribution in [3.63, 3.8) is 0 Å². The number of thiophene rings is 1. The fourth-order valence-electron chi connectivity index (χ4n) is 1.83. The van der Waals surface area contributed by atoms with Crippen LogP contribution in [0.2, 0.25) is 0 Å². The third-order valence-corrected chi connectivity index (χ3v) is 4.36. The Labute approximate surface area is 117 Å². The molecule has 0 fully saturated rings. The van der Waals surface area contributed by atoms with E-state index in [-0.39, 0.29) is 0 Å². The van der Waals surface area contributed by atoms with Crippen LogP contribution >= 0.6 is 11.3 Å². The molecule has 0 bridgehead atoms. The first-order valence-corrected chi connectivity index (χ1v) is 8.09. The number of hydrogen-bond acceptors (Lipinski definition) is 4. The summed E-state index contributed by atoms with van der Waals surface area (Å²) >= 11 is 1.59. The molecule has 0 aliphatic rings. The van der Waals surface area contributed by atoms with Crippen molar-refractivity contribution in [3.05, 3.63) is 47.8 Å². The first-order valence-electron chi connectivity index (χ1n) is 5.66. The fraction of sp³-hybridized carbons (Fsp3) is 0.0769. The summed E-state index contributed by atoms with van der Waals surface area (Å²) < 4.78 is 13.5. The minimum absolute atomic E-state index is 0.520. The predicted octanol–water partition coefficient (Wildman–Crippen LogP) is 2.73. The third-order valence-electron chi connectivity index (χ3n) is 2.67. The highest BCUT2D eigenvalue weighted by atomic mass is 32.2. The standard InChI is InChI=1S/C13H11N3OS2/c1-19(17)13-12(11-8-5-9-18-11)16(15-14-13)10-6-3-2-4-7-10/h2-9H,1H3. The maximum Gasteiger partial charge on any atom is 0.178 e. The Morgan fingerprint density at radius 2 is 1.95 bits per heavy atom. The van der Waals surface area contributed by atoms with Crippen LogP contribution in [0.3, 0.4) is 0 Å². The average molecular weight is 289 g/mol. The normalized spacial score (nSPS) is 12.5. The number of rotatable bonds is 3. The lowest BCUT2D eigenvalue weighted by Gasteiger charge is -2.05. The molecule has 0 saturated carbocycles. The zero-order valence-electron chi connectivity index (χ0n) is 10.2. The van der Waals surface area contributed by atoms with E-state index in [1.807, 2.05) is 47.8 Å². The molecule has 0 spiro atoms. The number of hydrogen-bond donors (Lipinski definition) is 0. The third kappa shape index (κ3) is 2.24. The highest BCUT2D eigenvalue weighted by molar-refractivity contribution is 7.84. The molecule has 6 heteroatoms. The Kier molecular flexibility index (Phi) is 3.27. The molecule has 2 aromatic heterocycles. The van der Waals surface area contributed by atoms with Gasteiger partial charge in [-0.05, 0) is 23.6 Å². The first-order chi connectivity index (χ1) is 9.27. The maximum absolute atomic E-state index is 11.8. The molecule has 0 N–H and O–H groups in total. The van der Waals surface area contributed by atoms with Crippen LogP contribution in [0.4, 0.5) is 0 Å². The van der Waals surface area contributed by atoms with Crippen LogP contribution in [0.5, 0.6) is 0 Å². The molecule has 3 rings (SSSR count). The van der Waals surface area contributed by atoms with E-state index in [0.717, 1.165) is 16.3 Å². The molecule has 0 radical (unpaired) electrons. The molecule has 96 valence electrons. The van der Waals surface area contributed by atoms with Crippen molar-refractivity contribution in [1.29, 1.82) is 0 Å². The molecule has 1 unspecified atom stereocenters. The van der Waals surface area contributed by atoms with Crippen LogP contribution in [-0.2, 0) is 10.8 Å². The molecule has 3 aromatic rings. The number of benzene rings is 1. The summed E-state index contributed by atoms with van der Waals surface area (Å²) in [7, 11) is -1.17. The molecular formula is C13H11N3OS2. The molecular weight excluding hydrogens is 278 g/mol.